The van der Waals surface area contributed by atoms with E-state index in [2.05, 4.69) is 0 Å². The van der Waals surface area contributed by atoms with Crippen molar-refractivity contribution in [3.63, 3.8) is 0 Å². The minimum Gasteiger partial charge on any atom is -0.494 e. The number of nitrogens with zero attached hydrogens (tertiary/aromatic N) is 3. The number of carbonyl (C=O) groups is 1. The topological polar surface area (TPSA) is 47.4 Å². The second-order valence-electron chi connectivity index (χ2n) is 8.76. The predicted molar refractivity (Wildman–Crippen MR) is 155 cm³/mol. The maximum Gasteiger partial charge on any atom is 0.266 e. The van der Waals surface area contributed by atoms with Crippen molar-refractivity contribution in [2.75, 3.05) is 6.61 Å². The Bertz CT molecular complexity index is 1480. The summed E-state index contributed by atoms with van der Waals surface area (Å²) >= 11 is 6.98. The molecule has 1 aliphatic heterocycles. The molecule has 1 amide bonds. The molecule has 186 valence electrons. The van der Waals surface area contributed by atoms with Crippen molar-refractivity contribution < 1.29 is 9.53 Å². The molecule has 0 spiro atoms. The fourth-order valence-electron chi connectivity index (χ4n) is 4.41. The van der Waals surface area contributed by atoms with Gasteiger partial charge in [0.25, 0.3) is 5.91 Å². The van der Waals surface area contributed by atoms with E-state index in [1.165, 1.54) is 11.8 Å². The van der Waals surface area contributed by atoms with Crippen LogP contribution >= 0.6 is 24.0 Å². The van der Waals surface area contributed by atoms with Gasteiger partial charge in [-0.2, -0.15) is 5.10 Å². The van der Waals surface area contributed by atoms with Gasteiger partial charge in [0.15, 0.2) is 0 Å². The molecule has 7 heteroatoms. The fraction of sp³-hybridized carbons (Fsp3) is 0.167. The zero-order chi connectivity index (χ0) is 25.9. The van der Waals surface area contributed by atoms with Crippen molar-refractivity contribution in [2.24, 2.45) is 0 Å². The highest BCUT2D eigenvalue weighted by Gasteiger charge is 2.36. The Balaban J connectivity index is 1.56. The number of para-hydroxylation sites is 1. The number of ether oxygens (including phenoxy) is 1. The lowest BCUT2D eigenvalue weighted by Gasteiger charge is -2.23. The molecular formula is C30H27N3O2S2. The minimum atomic E-state index is -0.153. The van der Waals surface area contributed by atoms with E-state index in [9.17, 15) is 4.79 Å². The largest absolute Gasteiger partial charge is 0.494 e. The Morgan fingerprint density at radius 3 is 2.43 bits per heavy atom. The average Bonchev–Trinajstić information content (AvgIpc) is 3.45. The molecule has 0 saturated carbocycles. The Labute approximate surface area is 226 Å². The smallest absolute Gasteiger partial charge is 0.266 e. The van der Waals surface area contributed by atoms with Crippen LogP contribution in [0.25, 0.3) is 23.0 Å². The molecule has 1 saturated heterocycles. The SMILES string of the molecule is CCOc1ccc(-c2nn(-c3ccccc3)cc2/C=C2\SC(=S)N(C(C)c3ccccc3)C2=O)c(C)c1. The number of hydrogen-bond donors (Lipinski definition) is 0. The van der Waals surface area contributed by atoms with Gasteiger partial charge >= 0.3 is 0 Å². The molecule has 0 N–H and O–H groups in total. The van der Waals surface area contributed by atoms with Gasteiger partial charge in [-0.15, -0.1) is 0 Å². The number of hydrogen-bond acceptors (Lipinski definition) is 5. The first-order valence-electron chi connectivity index (χ1n) is 12.2. The van der Waals surface area contributed by atoms with Crippen LogP contribution in [0.4, 0.5) is 0 Å². The molecule has 37 heavy (non-hydrogen) atoms. The second kappa shape index (κ2) is 10.7. The predicted octanol–water partition coefficient (Wildman–Crippen LogP) is 7.21. The van der Waals surface area contributed by atoms with E-state index in [0.717, 1.165) is 39.4 Å². The quantitative estimate of drug-likeness (QED) is 0.188. The first-order chi connectivity index (χ1) is 18.0. The van der Waals surface area contributed by atoms with Gasteiger partial charge in [0.1, 0.15) is 15.8 Å². The summed E-state index contributed by atoms with van der Waals surface area (Å²) in [4.78, 5) is 15.8. The van der Waals surface area contributed by atoms with Crippen LogP contribution < -0.4 is 4.74 Å². The molecule has 0 bridgehead atoms. The van der Waals surface area contributed by atoms with Crippen LogP contribution in [0.15, 0.2) is 90.0 Å². The van der Waals surface area contributed by atoms with Crippen molar-refractivity contribution >= 4 is 40.3 Å². The summed E-state index contributed by atoms with van der Waals surface area (Å²) in [7, 11) is 0. The summed E-state index contributed by atoms with van der Waals surface area (Å²) in [5.41, 5.74) is 5.66. The summed E-state index contributed by atoms with van der Waals surface area (Å²) in [5, 5.41) is 4.94. The molecule has 1 aromatic heterocycles. The van der Waals surface area contributed by atoms with Gasteiger partial charge in [0.05, 0.1) is 23.2 Å². The van der Waals surface area contributed by atoms with Crippen LogP contribution in [0.2, 0.25) is 0 Å². The monoisotopic (exact) mass is 525 g/mol. The van der Waals surface area contributed by atoms with Gasteiger partial charge < -0.3 is 4.74 Å². The highest BCUT2D eigenvalue weighted by molar-refractivity contribution is 8.26. The zero-order valence-electron chi connectivity index (χ0n) is 20.9. The summed E-state index contributed by atoms with van der Waals surface area (Å²) in [6, 6.07) is 25.8. The van der Waals surface area contributed by atoms with E-state index in [1.807, 2.05) is 117 Å². The third-order valence-electron chi connectivity index (χ3n) is 6.31. The van der Waals surface area contributed by atoms with E-state index in [1.54, 1.807) is 4.90 Å². The third kappa shape index (κ3) is 5.10. The standard InChI is InChI=1S/C30H27N3O2S2/c1-4-35-25-15-16-26(20(2)17-25)28-23(19-32(31-28)24-13-9-6-10-14-24)18-27-29(34)33(30(36)37-27)21(3)22-11-7-5-8-12-22/h5-19,21H,4H2,1-3H3/b27-18-. The maximum atomic E-state index is 13.5. The van der Waals surface area contributed by atoms with Crippen LogP contribution in [0.3, 0.4) is 0 Å². The molecule has 5 nitrogen and oxygen atoms in total. The molecule has 0 aliphatic carbocycles. The molecule has 2 heterocycles. The number of rotatable bonds is 7. The second-order valence-corrected chi connectivity index (χ2v) is 10.4. The van der Waals surface area contributed by atoms with Gasteiger partial charge in [0.2, 0.25) is 0 Å². The number of aromatic nitrogens is 2. The van der Waals surface area contributed by atoms with Gasteiger partial charge in [-0.3, -0.25) is 9.69 Å². The van der Waals surface area contributed by atoms with Gasteiger partial charge in [-0.1, -0.05) is 72.5 Å². The lowest BCUT2D eigenvalue weighted by Crippen LogP contribution is -2.30. The first kappa shape index (κ1) is 25.0. The molecule has 4 aromatic rings. The Morgan fingerprint density at radius 2 is 1.76 bits per heavy atom. The number of thiocarbonyl (C=S) groups is 1. The minimum absolute atomic E-state index is 0.0896. The average molecular weight is 526 g/mol. The molecule has 1 atom stereocenters. The van der Waals surface area contributed by atoms with Crippen LogP contribution in [0.1, 0.15) is 36.6 Å². The fourth-order valence-corrected chi connectivity index (χ4v) is 5.82. The molecule has 1 fully saturated rings. The van der Waals surface area contributed by atoms with Crippen LogP contribution in [-0.2, 0) is 4.79 Å². The van der Waals surface area contributed by atoms with Crippen LogP contribution in [0, 0.1) is 6.92 Å². The van der Waals surface area contributed by atoms with E-state index >= 15 is 0 Å². The molecule has 1 unspecified atom stereocenters. The molecule has 5 rings (SSSR count). The zero-order valence-corrected chi connectivity index (χ0v) is 22.6. The number of carbonyl (C=O) groups excluding carboxylic acids is 1. The third-order valence-corrected chi connectivity index (χ3v) is 7.64. The molecular weight excluding hydrogens is 498 g/mol. The Kier molecular flexibility index (Phi) is 7.26. The molecule has 0 radical (unpaired) electrons. The summed E-state index contributed by atoms with van der Waals surface area (Å²) < 4.78 is 8.09. The highest BCUT2D eigenvalue weighted by Crippen LogP contribution is 2.39. The van der Waals surface area contributed by atoms with Crippen molar-refractivity contribution in [3.05, 3.63) is 107 Å². The van der Waals surface area contributed by atoms with Gasteiger partial charge in [0, 0.05) is 17.3 Å². The molecule has 3 aromatic carbocycles. The Hall–Kier alpha value is -3.68. The van der Waals surface area contributed by atoms with Gasteiger partial charge in [-0.05, 0) is 68.3 Å². The number of aryl methyl sites for hydroxylation is 1. The first-order valence-corrected chi connectivity index (χ1v) is 13.4. The summed E-state index contributed by atoms with van der Waals surface area (Å²) in [6.45, 7) is 6.63. The van der Waals surface area contributed by atoms with Crippen molar-refractivity contribution in [1.29, 1.82) is 0 Å². The van der Waals surface area contributed by atoms with Crippen molar-refractivity contribution in [2.45, 2.75) is 26.8 Å². The Morgan fingerprint density at radius 1 is 1.05 bits per heavy atom. The maximum absolute atomic E-state index is 13.5. The van der Waals surface area contributed by atoms with E-state index < -0.39 is 0 Å². The summed E-state index contributed by atoms with van der Waals surface area (Å²) in [6.07, 6.45) is 3.88. The van der Waals surface area contributed by atoms with Crippen molar-refractivity contribution in [3.8, 4) is 22.7 Å². The number of amides is 1. The number of thioether (sulfide) groups is 1. The van der Waals surface area contributed by atoms with Crippen LogP contribution in [-0.4, -0.2) is 31.5 Å². The lowest BCUT2D eigenvalue weighted by molar-refractivity contribution is -0.123. The number of benzene rings is 3. The van der Waals surface area contributed by atoms with E-state index in [4.69, 9.17) is 22.1 Å². The molecule has 1 aliphatic rings. The highest BCUT2D eigenvalue weighted by atomic mass is 32.2. The normalized spacial score (nSPS) is 15.4. The van der Waals surface area contributed by atoms with Crippen LogP contribution in [0.5, 0.6) is 5.75 Å². The van der Waals surface area contributed by atoms with E-state index in [-0.39, 0.29) is 11.9 Å². The van der Waals surface area contributed by atoms with E-state index in [0.29, 0.717) is 15.8 Å². The van der Waals surface area contributed by atoms with Gasteiger partial charge in [-0.25, -0.2) is 4.68 Å². The summed E-state index contributed by atoms with van der Waals surface area (Å²) in [5.74, 6) is 0.733. The lowest BCUT2D eigenvalue weighted by atomic mass is 10.0. The van der Waals surface area contributed by atoms with Crippen molar-refractivity contribution in [1.82, 2.24) is 14.7 Å².